The molecule has 0 aliphatic carbocycles. The number of aromatic nitrogens is 2. The minimum atomic E-state index is 0.366. The SMILES string of the molecule is CCNC(CSc1ncns1)c1ccc(CC)cc1. The fraction of sp³-hybridized carbons (Fsp3) is 0.429. The van der Waals surface area contributed by atoms with E-state index in [1.54, 1.807) is 18.1 Å². The van der Waals surface area contributed by atoms with Crippen LogP contribution in [0.3, 0.4) is 0 Å². The van der Waals surface area contributed by atoms with Gasteiger partial charge in [0.25, 0.3) is 0 Å². The molecule has 3 nitrogen and oxygen atoms in total. The number of hydrogen-bond donors (Lipinski definition) is 1. The Morgan fingerprint density at radius 3 is 2.63 bits per heavy atom. The summed E-state index contributed by atoms with van der Waals surface area (Å²) in [4.78, 5) is 4.21. The van der Waals surface area contributed by atoms with Crippen molar-refractivity contribution in [3.05, 3.63) is 41.7 Å². The lowest BCUT2D eigenvalue weighted by Crippen LogP contribution is -2.22. The summed E-state index contributed by atoms with van der Waals surface area (Å²) in [5, 5.41) is 3.53. The van der Waals surface area contributed by atoms with Crippen LogP contribution in [0.2, 0.25) is 0 Å². The van der Waals surface area contributed by atoms with Crippen LogP contribution in [0.4, 0.5) is 0 Å². The van der Waals surface area contributed by atoms with E-state index in [4.69, 9.17) is 0 Å². The molecule has 1 aromatic heterocycles. The molecule has 0 aliphatic heterocycles. The van der Waals surface area contributed by atoms with Crippen molar-refractivity contribution >= 4 is 23.3 Å². The van der Waals surface area contributed by atoms with Crippen molar-refractivity contribution in [2.45, 2.75) is 30.6 Å². The van der Waals surface area contributed by atoms with Crippen LogP contribution in [0.15, 0.2) is 34.9 Å². The van der Waals surface area contributed by atoms with Gasteiger partial charge in [-0.05, 0) is 35.6 Å². The van der Waals surface area contributed by atoms with E-state index < -0.39 is 0 Å². The van der Waals surface area contributed by atoms with E-state index in [0.717, 1.165) is 23.1 Å². The molecule has 0 saturated carbocycles. The topological polar surface area (TPSA) is 37.8 Å². The van der Waals surface area contributed by atoms with Gasteiger partial charge < -0.3 is 5.32 Å². The van der Waals surface area contributed by atoms with Gasteiger partial charge in [-0.15, -0.1) is 0 Å². The summed E-state index contributed by atoms with van der Waals surface area (Å²) in [7, 11) is 0. The van der Waals surface area contributed by atoms with Crippen molar-refractivity contribution < 1.29 is 0 Å². The van der Waals surface area contributed by atoms with Gasteiger partial charge in [-0.3, -0.25) is 0 Å². The Hall–Kier alpha value is -0.910. The molecule has 0 spiro atoms. The molecule has 1 N–H and O–H groups in total. The van der Waals surface area contributed by atoms with Gasteiger partial charge >= 0.3 is 0 Å². The number of benzene rings is 1. The van der Waals surface area contributed by atoms with Crippen LogP contribution in [0.25, 0.3) is 0 Å². The minimum absolute atomic E-state index is 0.366. The van der Waals surface area contributed by atoms with Gasteiger partial charge in [-0.2, -0.15) is 4.37 Å². The van der Waals surface area contributed by atoms with E-state index in [1.807, 2.05) is 0 Å². The first-order chi connectivity index (χ1) is 9.33. The second-order valence-electron chi connectivity index (χ2n) is 4.22. The highest BCUT2D eigenvalue weighted by Gasteiger charge is 2.11. The highest BCUT2D eigenvalue weighted by Crippen LogP contribution is 2.25. The second-order valence-corrected chi connectivity index (χ2v) is 6.27. The fourth-order valence-corrected chi connectivity index (χ4v) is 3.45. The summed E-state index contributed by atoms with van der Waals surface area (Å²) in [5.41, 5.74) is 2.73. The predicted molar refractivity (Wildman–Crippen MR) is 82.9 cm³/mol. The first-order valence-electron chi connectivity index (χ1n) is 6.55. The maximum Gasteiger partial charge on any atom is 0.169 e. The first kappa shape index (κ1) is 14.5. The number of aryl methyl sites for hydroxylation is 1. The lowest BCUT2D eigenvalue weighted by Gasteiger charge is -2.17. The third kappa shape index (κ3) is 4.30. The molecule has 1 heterocycles. The molecule has 0 fully saturated rings. The summed E-state index contributed by atoms with van der Waals surface area (Å²) in [6.07, 6.45) is 2.71. The normalized spacial score (nSPS) is 12.5. The highest BCUT2D eigenvalue weighted by atomic mass is 32.2. The lowest BCUT2D eigenvalue weighted by atomic mass is 10.1. The van der Waals surface area contributed by atoms with Crippen LogP contribution < -0.4 is 5.32 Å². The Morgan fingerprint density at radius 1 is 1.26 bits per heavy atom. The van der Waals surface area contributed by atoms with Gasteiger partial charge in [0.15, 0.2) is 4.34 Å². The van der Waals surface area contributed by atoms with Crippen LogP contribution >= 0.6 is 23.3 Å². The summed E-state index contributed by atoms with van der Waals surface area (Å²) in [6.45, 7) is 5.29. The molecule has 19 heavy (non-hydrogen) atoms. The van der Waals surface area contributed by atoms with Gasteiger partial charge in [0.05, 0.1) is 0 Å². The van der Waals surface area contributed by atoms with Crippen LogP contribution in [0, 0.1) is 0 Å². The van der Waals surface area contributed by atoms with Gasteiger partial charge in [-0.25, -0.2) is 4.98 Å². The van der Waals surface area contributed by atoms with E-state index in [0.29, 0.717) is 6.04 Å². The zero-order valence-corrected chi connectivity index (χ0v) is 12.9. The van der Waals surface area contributed by atoms with Crippen molar-refractivity contribution in [2.24, 2.45) is 0 Å². The van der Waals surface area contributed by atoms with Crippen molar-refractivity contribution in [2.75, 3.05) is 12.3 Å². The van der Waals surface area contributed by atoms with Gasteiger partial charge in [-0.1, -0.05) is 49.9 Å². The van der Waals surface area contributed by atoms with Crippen LogP contribution in [0.1, 0.15) is 31.0 Å². The molecule has 5 heteroatoms. The Balaban J connectivity index is 2.01. The molecule has 1 aromatic carbocycles. The van der Waals surface area contributed by atoms with Crippen molar-refractivity contribution in [1.29, 1.82) is 0 Å². The largest absolute Gasteiger partial charge is 0.309 e. The monoisotopic (exact) mass is 293 g/mol. The molecule has 102 valence electrons. The van der Waals surface area contributed by atoms with Gasteiger partial charge in [0, 0.05) is 11.8 Å². The molecule has 0 amide bonds. The van der Waals surface area contributed by atoms with Gasteiger partial charge in [0.2, 0.25) is 0 Å². The Bertz CT molecular complexity index is 468. The summed E-state index contributed by atoms with van der Waals surface area (Å²) < 4.78 is 5.07. The molecule has 0 aliphatic rings. The number of rotatable bonds is 7. The molecular weight excluding hydrogens is 274 g/mol. The maximum absolute atomic E-state index is 4.21. The Morgan fingerprint density at radius 2 is 2.05 bits per heavy atom. The molecule has 0 bridgehead atoms. The molecule has 2 rings (SSSR count). The first-order valence-corrected chi connectivity index (χ1v) is 8.31. The molecule has 2 aromatic rings. The average molecular weight is 293 g/mol. The molecule has 0 radical (unpaired) electrons. The summed E-state index contributed by atoms with van der Waals surface area (Å²) in [6, 6.07) is 9.26. The van der Waals surface area contributed by atoms with Crippen molar-refractivity contribution in [3.63, 3.8) is 0 Å². The average Bonchev–Trinajstić information content (AvgIpc) is 2.97. The third-order valence-corrected chi connectivity index (χ3v) is 4.85. The highest BCUT2D eigenvalue weighted by molar-refractivity contribution is 8.00. The number of hydrogen-bond acceptors (Lipinski definition) is 5. The second kappa shape index (κ2) is 7.62. The van der Waals surface area contributed by atoms with Crippen LogP contribution in [-0.4, -0.2) is 21.7 Å². The number of nitrogens with one attached hydrogen (secondary N) is 1. The van der Waals surface area contributed by atoms with Crippen molar-refractivity contribution in [1.82, 2.24) is 14.7 Å². The number of nitrogens with zero attached hydrogens (tertiary/aromatic N) is 2. The smallest absolute Gasteiger partial charge is 0.169 e. The standard InChI is InChI=1S/C14H19N3S2/c1-3-11-5-7-12(8-6-11)13(15-4-2)9-18-14-16-10-17-19-14/h5-8,10,13,15H,3-4,9H2,1-2H3. The van der Waals surface area contributed by atoms with E-state index in [1.165, 1.54) is 22.7 Å². The lowest BCUT2D eigenvalue weighted by molar-refractivity contribution is 0.606. The molecule has 1 unspecified atom stereocenters. The quantitative estimate of drug-likeness (QED) is 0.792. The van der Waals surface area contributed by atoms with E-state index in [2.05, 4.69) is 52.8 Å². The molecule has 0 saturated heterocycles. The maximum atomic E-state index is 4.21. The molecule has 1 atom stereocenters. The zero-order valence-electron chi connectivity index (χ0n) is 11.3. The van der Waals surface area contributed by atoms with E-state index in [-0.39, 0.29) is 0 Å². The minimum Gasteiger partial charge on any atom is -0.309 e. The van der Waals surface area contributed by atoms with E-state index in [9.17, 15) is 0 Å². The van der Waals surface area contributed by atoms with Gasteiger partial charge in [0.1, 0.15) is 6.33 Å². The Labute approximate surface area is 123 Å². The zero-order chi connectivity index (χ0) is 13.5. The summed E-state index contributed by atoms with van der Waals surface area (Å²) in [5.74, 6) is 0.981. The van der Waals surface area contributed by atoms with Crippen LogP contribution in [-0.2, 0) is 6.42 Å². The predicted octanol–water partition coefficient (Wildman–Crippen LogP) is 3.54. The van der Waals surface area contributed by atoms with Crippen LogP contribution in [0.5, 0.6) is 0 Å². The Kier molecular flexibility index (Phi) is 5.82. The van der Waals surface area contributed by atoms with Crippen molar-refractivity contribution in [3.8, 4) is 0 Å². The van der Waals surface area contributed by atoms with E-state index >= 15 is 0 Å². The third-order valence-electron chi connectivity index (χ3n) is 2.96. The fourth-order valence-electron chi connectivity index (χ4n) is 1.89. The number of thioether (sulfide) groups is 1. The summed E-state index contributed by atoms with van der Waals surface area (Å²) >= 11 is 3.22. The molecular formula is C14H19N3S2.